The first-order valence-corrected chi connectivity index (χ1v) is 7.92. The first-order valence-electron chi connectivity index (χ1n) is 7.92. The lowest BCUT2D eigenvalue weighted by atomic mass is 10.1. The van der Waals surface area contributed by atoms with E-state index in [1.807, 2.05) is 0 Å². The van der Waals surface area contributed by atoms with E-state index < -0.39 is 0 Å². The lowest BCUT2D eigenvalue weighted by Gasteiger charge is -2.25. The molecule has 118 valence electrons. The van der Waals surface area contributed by atoms with Crippen LogP contribution in [-0.4, -0.2) is 49.4 Å². The van der Waals surface area contributed by atoms with E-state index in [0.29, 0.717) is 25.6 Å². The molecule has 1 N–H and O–H groups in total. The van der Waals surface area contributed by atoms with Crippen LogP contribution >= 0.6 is 0 Å². The van der Waals surface area contributed by atoms with E-state index in [9.17, 15) is 9.59 Å². The molecule has 2 aliphatic rings. The Morgan fingerprint density at radius 3 is 2.82 bits per heavy atom. The third kappa shape index (κ3) is 2.80. The van der Waals surface area contributed by atoms with Crippen molar-refractivity contribution in [2.45, 2.75) is 25.8 Å². The van der Waals surface area contributed by atoms with Crippen molar-refractivity contribution in [2.75, 3.05) is 31.6 Å². The van der Waals surface area contributed by atoms with Crippen molar-refractivity contribution in [3.8, 4) is 0 Å². The highest BCUT2D eigenvalue weighted by molar-refractivity contribution is 5.89. The Morgan fingerprint density at radius 1 is 1.32 bits per heavy atom. The lowest BCUT2D eigenvalue weighted by molar-refractivity contribution is -0.128. The molecule has 2 heterocycles. The first-order chi connectivity index (χ1) is 10.6. The number of likely N-dealkylation sites (tertiary alicyclic amines) is 1. The van der Waals surface area contributed by atoms with Crippen molar-refractivity contribution in [1.82, 2.24) is 10.2 Å². The van der Waals surface area contributed by atoms with E-state index in [2.05, 4.69) is 41.4 Å². The van der Waals surface area contributed by atoms with Crippen molar-refractivity contribution < 1.29 is 9.59 Å². The molecule has 1 aromatic carbocycles. The zero-order valence-electron chi connectivity index (χ0n) is 13.2. The molecule has 3 rings (SSSR count). The second kappa shape index (κ2) is 5.99. The molecule has 1 aromatic rings. The highest BCUT2D eigenvalue weighted by atomic mass is 16.2. The van der Waals surface area contributed by atoms with Gasteiger partial charge in [-0.2, -0.15) is 0 Å². The second-order valence-electron chi connectivity index (χ2n) is 6.34. The number of rotatable bonds is 4. The number of para-hydroxylation sites is 1. The molecular formula is C17H23N3O2. The van der Waals surface area contributed by atoms with E-state index >= 15 is 0 Å². The van der Waals surface area contributed by atoms with Gasteiger partial charge < -0.3 is 15.1 Å². The van der Waals surface area contributed by atoms with Crippen molar-refractivity contribution in [3.63, 3.8) is 0 Å². The summed E-state index contributed by atoms with van der Waals surface area (Å²) in [5, 5.41) is 2.98. The Bertz CT molecular complexity index is 587. The van der Waals surface area contributed by atoms with E-state index in [1.165, 1.54) is 11.3 Å². The van der Waals surface area contributed by atoms with Crippen LogP contribution < -0.4 is 10.2 Å². The molecule has 5 heteroatoms. The maximum atomic E-state index is 12.1. The van der Waals surface area contributed by atoms with Gasteiger partial charge in [-0.1, -0.05) is 18.2 Å². The van der Waals surface area contributed by atoms with Gasteiger partial charge in [-0.25, -0.2) is 0 Å². The van der Waals surface area contributed by atoms with Crippen LogP contribution in [0.4, 0.5) is 5.69 Å². The summed E-state index contributed by atoms with van der Waals surface area (Å²) in [6.07, 6.45) is 1.40. The van der Waals surface area contributed by atoms with Gasteiger partial charge in [-0.15, -0.1) is 0 Å². The molecule has 2 atom stereocenters. The smallest absolute Gasteiger partial charge is 0.225 e. The summed E-state index contributed by atoms with van der Waals surface area (Å²) in [6.45, 7) is 4.17. The third-order valence-corrected chi connectivity index (χ3v) is 4.71. The molecule has 1 fully saturated rings. The summed E-state index contributed by atoms with van der Waals surface area (Å²) < 4.78 is 0. The van der Waals surface area contributed by atoms with Crippen LogP contribution in [0.1, 0.15) is 18.9 Å². The van der Waals surface area contributed by atoms with Gasteiger partial charge in [-0.3, -0.25) is 9.59 Å². The van der Waals surface area contributed by atoms with Gasteiger partial charge >= 0.3 is 0 Å². The number of amides is 2. The topological polar surface area (TPSA) is 52.7 Å². The van der Waals surface area contributed by atoms with E-state index in [1.54, 1.807) is 11.9 Å². The number of hydrogen-bond donors (Lipinski definition) is 1. The molecule has 0 radical (unpaired) electrons. The average molecular weight is 301 g/mol. The molecule has 0 aromatic heterocycles. The minimum absolute atomic E-state index is 0.00200. The van der Waals surface area contributed by atoms with Crippen LogP contribution in [0.5, 0.6) is 0 Å². The van der Waals surface area contributed by atoms with Crippen molar-refractivity contribution in [3.05, 3.63) is 29.8 Å². The normalized spacial score (nSPS) is 23.8. The van der Waals surface area contributed by atoms with Gasteiger partial charge in [0.15, 0.2) is 0 Å². The summed E-state index contributed by atoms with van der Waals surface area (Å²) in [5.41, 5.74) is 2.66. The average Bonchev–Trinajstić information content (AvgIpc) is 2.99. The largest absolute Gasteiger partial charge is 0.367 e. The fourth-order valence-corrected chi connectivity index (χ4v) is 3.45. The highest BCUT2D eigenvalue weighted by Gasteiger charge is 2.32. The Morgan fingerprint density at radius 2 is 2.09 bits per heavy atom. The summed E-state index contributed by atoms with van der Waals surface area (Å²) in [4.78, 5) is 27.6. The minimum Gasteiger partial charge on any atom is -0.367 e. The van der Waals surface area contributed by atoms with E-state index in [4.69, 9.17) is 0 Å². The SMILES string of the molecule is C[C@H]1Cc2ccccc2N1CCNC(=O)[C@@H]1CC(=O)N(C)C1. The summed E-state index contributed by atoms with van der Waals surface area (Å²) >= 11 is 0. The number of nitrogens with one attached hydrogen (secondary N) is 1. The Balaban J connectivity index is 1.51. The number of carbonyl (C=O) groups excluding carboxylic acids is 2. The molecule has 1 saturated heterocycles. The molecule has 22 heavy (non-hydrogen) atoms. The fourth-order valence-electron chi connectivity index (χ4n) is 3.45. The third-order valence-electron chi connectivity index (χ3n) is 4.71. The Labute approximate surface area is 131 Å². The van der Waals surface area contributed by atoms with Gasteiger partial charge in [0, 0.05) is 44.8 Å². The summed E-state index contributed by atoms with van der Waals surface area (Å²) in [5.74, 6) is -0.138. The number of hydrogen-bond acceptors (Lipinski definition) is 3. The molecule has 0 saturated carbocycles. The quantitative estimate of drug-likeness (QED) is 0.904. The Kier molecular flexibility index (Phi) is 4.05. The van der Waals surface area contributed by atoms with Crippen LogP contribution in [0.15, 0.2) is 24.3 Å². The lowest BCUT2D eigenvalue weighted by Crippen LogP contribution is -2.40. The fraction of sp³-hybridized carbons (Fsp3) is 0.529. The summed E-state index contributed by atoms with van der Waals surface area (Å²) in [6, 6.07) is 8.91. The van der Waals surface area contributed by atoms with Crippen LogP contribution in [0, 0.1) is 5.92 Å². The standard InChI is InChI=1S/C17H23N3O2/c1-12-9-13-5-3-4-6-15(13)20(12)8-7-18-17(22)14-10-16(21)19(2)11-14/h3-6,12,14H,7-11H2,1-2H3,(H,18,22)/t12-,14+/m0/s1. The van der Waals surface area contributed by atoms with E-state index in [-0.39, 0.29) is 17.7 Å². The first kappa shape index (κ1) is 14.9. The second-order valence-corrected chi connectivity index (χ2v) is 6.34. The van der Waals surface area contributed by atoms with Crippen LogP contribution in [0.2, 0.25) is 0 Å². The molecule has 2 amide bonds. The van der Waals surface area contributed by atoms with E-state index in [0.717, 1.165) is 13.0 Å². The number of anilines is 1. The zero-order chi connectivity index (χ0) is 15.7. The number of carbonyl (C=O) groups is 2. The van der Waals surface area contributed by atoms with Crippen LogP contribution in [0.3, 0.4) is 0 Å². The number of fused-ring (bicyclic) bond motifs is 1. The monoisotopic (exact) mass is 301 g/mol. The van der Waals surface area contributed by atoms with Gasteiger partial charge in [-0.05, 0) is 25.0 Å². The highest BCUT2D eigenvalue weighted by Crippen LogP contribution is 2.31. The molecule has 0 unspecified atom stereocenters. The van der Waals surface area contributed by atoms with Gasteiger partial charge in [0.2, 0.25) is 11.8 Å². The molecule has 0 spiro atoms. The molecule has 0 bridgehead atoms. The minimum atomic E-state index is -0.194. The maximum Gasteiger partial charge on any atom is 0.225 e. The number of benzene rings is 1. The Hall–Kier alpha value is -2.04. The van der Waals surface area contributed by atoms with Crippen LogP contribution in [0.25, 0.3) is 0 Å². The molecule has 2 aliphatic heterocycles. The summed E-state index contributed by atoms with van der Waals surface area (Å²) in [7, 11) is 1.75. The van der Waals surface area contributed by atoms with Crippen molar-refractivity contribution in [2.24, 2.45) is 5.92 Å². The molecular weight excluding hydrogens is 278 g/mol. The maximum absolute atomic E-state index is 12.1. The molecule has 5 nitrogen and oxygen atoms in total. The molecule has 0 aliphatic carbocycles. The predicted octanol–water partition coefficient (Wildman–Crippen LogP) is 1.03. The predicted molar refractivity (Wildman–Crippen MR) is 85.7 cm³/mol. The van der Waals surface area contributed by atoms with Gasteiger partial charge in [0.1, 0.15) is 0 Å². The van der Waals surface area contributed by atoms with Crippen molar-refractivity contribution >= 4 is 17.5 Å². The van der Waals surface area contributed by atoms with Crippen molar-refractivity contribution in [1.29, 1.82) is 0 Å². The van der Waals surface area contributed by atoms with Gasteiger partial charge in [0.05, 0.1) is 5.92 Å². The van der Waals surface area contributed by atoms with Gasteiger partial charge in [0.25, 0.3) is 0 Å². The zero-order valence-corrected chi connectivity index (χ0v) is 13.2. The number of nitrogens with zero attached hydrogens (tertiary/aromatic N) is 2. The van der Waals surface area contributed by atoms with Crippen LogP contribution in [-0.2, 0) is 16.0 Å².